The topological polar surface area (TPSA) is 38.2 Å². The Labute approximate surface area is 119 Å². The van der Waals surface area contributed by atoms with Crippen LogP contribution in [0, 0.1) is 0 Å². The molecule has 0 amide bonds. The molecule has 0 bridgehead atoms. The van der Waals surface area contributed by atoms with Crippen molar-refractivity contribution in [2.45, 2.75) is 38.2 Å². The highest BCUT2D eigenvalue weighted by molar-refractivity contribution is 6.30. The second-order valence-electron chi connectivity index (χ2n) is 5.48. The molecule has 0 spiro atoms. The van der Waals surface area contributed by atoms with Crippen LogP contribution in [-0.4, -0.2) is 41.6 Å². The number of fused-ring (bicyclic) bond motifs is 1. The van der Waals surface area contributed by atoms with Crippen molar-refractivity contribution in [1.29, 1.82) is 0 Å². The lowest BCUT2D eigenvalue weighted by Crippen LogP contribution is -2.36. The summed E-state index contributed by atoms with van der Waals surface area (Å²) in [6.07, 6.45) is 5.64. The fourth-order valence-corrected chi connectivity index (χ4v) is 3.11. The van der Waals surface area contributed by atoms with Crippen LogP contribution in [0.25, 0.3) is 0 Å². The summed E-state index contributed by atoms with van der Waals surface area (Å²) in [5, 5.41) is 0.638. The van der Waals surface area contributed by atoms with Gasteiger partial charge in [0.15, 0.2) is 5.82 Å². The zero-order chi connectivity index (χ0) is 13.2. The second-order valence-corrected chi connectivity index (χ2v) is 5.84. The first-order valence-corrected chi connectivity index (χ1v) is 7.47. The van der Waals surface area contributed by atoms with Gasteiger partial charge in [0.1, 0.15) is 11.3 Å². The van der Waals surface area contributed by atoms with Crippen LogP contribution in [0.15, 0.2) is 0 Å². The van der Waals surface area contributed by atoms with Gasteiger partial charge in [-0.1, -0.05) is 18.0 Å². The summed E-state index contributed by atoms with van der Waals surface area (Å²) in [7, 11) is 2.10. The average molecular weight is 282 g/mol. The quantitative estimate of drug-likeness (QED) is 0.585. The lowest BCUT2D eigenvalue weighted by atomic mass is 10.1. The normalized spacial score (nSPS) is 24.8. The molecule has 1 atom stereocenters. The van der Waals surface area contributed by atoms with Crippen molar-refractivity contribution >= 4 is 11.6 Å². The van der Waals surface area contributed by atoms with Crippen LogP contribution in [0.3, 0.4) is 0 Å². The van der Waals surface area contributed by atoms with E-state index in [-0.39, 0.29) is 6.10 Å². The molecule has 104 valence electrons. The zero-order valence-corrected chi connectivity index (χ0v) is 12.1. The number of likely N-dealkylation sites (N-methyl/N-ethyl adjacent to an activating group) is 1. The van der Waals surface area contributed by atoms with Crippen molar-refractivity contribution in [1.82, 2.24) is 14.9 Å². The van der Waals surface area contributed by atoms with Crippen LogP contribution in [0.1, 0.15) is 42.4 Å². The number of ether oxygens (including phenoxy) is 1. The Balaban J connectivity index is 1.90. The molecule has 4 nitrogen and oxygen atoms in total. The zero-order valence-electron chi connectivity index (χ0n) is 11.4. The molecule has 1 aliphatic carbocycles. The van der Waals surface area contributed by atoms with E-state index in [1.165, 1.54) is 19.3 Å². The van der Waals surface area contributed by atoms with E-state index in [1.54, 1.807) is 0 Å². The number of aryl methyl sites for hydroxylation is 1. The molecule has 5 heteroatoms. The van der Waals surface area contributed by atoms with Crippen LogP contribution in [0.5, 0.6) is 0 Å². The number of rotatable bonds is 1. The molecule has 1 aromatic rings. The first kappa shape index (κ1) is 13.3. The summed E-state index contributed by atoms with van der Waals surface area (Å²) in [5.41, 5.74) is 2.30. The van der Waals surface area contributed by atoms with Gasteiger partial charge < -0.3 is 9.64 Å². The van der Waals surface area contributed by atoms with Gasteiger partial charge in [0.2, 0.25) is 0 Å². The Morgan fingerprint density at radius 3 is 2.89 bits per heavy atom. The van der Waals surface area contributed by atoms with Gasteiger partial charge in [0.05, 0.1) is 6.61 Å². The van der Waals surface area contributed by atoms with Crippen molar-refractivity contribution in [2.24, 2.45) is 0 Å². The minimum absolute atomic E-state index is 0.0372. The van der Waals surface area contributed by atoms with Gasteiger partial charge in [-0.25, -0.2) is 9.97 Å². The largest absolute Gasteiger partial charge is 0.368 e. The number of aromatic nitrogens is 2. The van der Waals surface area contributed by atoms with E-state index in [1.807, 2.05) is 0 Å². The first-order chi connectivity index (χ1) is 9.24. The minimum atomic E-state index is -0.0372. The van der Waals surface area contributed by atoms with E-state index in [2.05, 4.69) is 16.9 Å². The van der Waals surface area contributed by atoms with Crippen LogP contribution < -0.4 is 0 Å². The highest BCUT2D eigenvalue weighted by atomic mass is 35.5. The van der Waals surface area contributed by atoms with Crippen molar-refractivity contribution in [3.63, 3.8) is 0 Å². The van der Waals surface area contributed by atoms with Gasteiger partial charge in [-0.2, -0.15) is 0 Å². The monoisotopic (exact) mass is 281 g/mol. The lowest BCUT2D eigenvalue weighted by molar-refractivity contribution is -0.0256. The fourth-order valence-electron chi connectivity index (χ4n) is 2.82. The minimum Gasteiger partial charge on any atom is -0.368 e. The number of hydrogen-bond acceptors (Lipinski definition) is 4. The van der Waals surface area contributed by atoms with Crippen LogP contribution >= 0.6 is 11.6 Å². The molecule has 1 saturated heterocycles. The fraction of sp³-hybridized carbons (Fsp3) is 0.714. The van der Waals surface area contributed by atoms with E-state index >= 15 is 0 Å². The van der Waals surface area contributed by atoms with E-state index in [9.17, 15) is 0 Å². The Morgan fingerprint density at radius 1 is 1.21 bits per heavy atom. The third-order valence-corrected chi connectivity index (χ3v) is 4.27. The molecule has 0 aromatic carbocycles. The lowest BCUT2D eigenvalue weighted by Gasteiger charge is -2.29. The van der Waals surface area contributed by atoms with E-state index in [0.717, 1.165) is 49.6 Å². The number of hydrogen-bond donors (Lipinski definition) is 0. The second kappa shape index (κ2) is 5.73. The van der Waals surface area contributed by atoms with E-state index in [4.69, 9.17) is 21.3 Å². The molecule has 2 heterocycles. The standard InChI is InChI=1S/C14H20ClN3O/c1-18-7-8-19-12(9-18)14-16-11-6-4-2-3-5-10(11)13(15)17-14/h12H,2-9H2,1H3. The summed E-state index contributed by atoms with van der Waals surface area (Å²) in [6.45, 7) is 2.55. The summed E-state index contributed by atoms with van der Waals surface area (Å²) in [4.78, 5) is 11.5. The van der Waals surface area contributed by atoms with Crippen molar-refractivity contribution in [3.8, 4) is 0 Å². The summed E-state index contributed by atoms with van der Waals surface area (Å²) in [6, 6.07) is 0. The predicted octanol–water partition coefficient (Wildman–Crippen LogP) is 2.40. The maximum Gasteiger partial charge on any atom is 0.160 e. The summed E-state index contributed by atoms with van der Waals surface area (Å²) in [5.74, 6) is 0.761. The van der Waals surface area contributed by atoms with E-state index in [0.29, 0.717) is 5.15 Å². The Hall–Kier alpha value is -0.710. The molecular formula is C14H20ClN3O. The molecule has 19 heavy (non-hydrogen) atoms. The molecule has 0 saturated carbocycles. The Morgan fingerprint density at radius 2 is 2.05 bits per heavy atom. The molecule has 0 radical (unpaired) electrons. The number of halogens is 1. The molecule has 1 aliphatic heterocycles. The third kappa shape index (κ3) is 2.91. The van der Waals surface area contributed by atoms with Crippen molar-refractivity contribution < 1.29 is 4.74 Å². The molecule has 3 rings (SSSR count). The van der Waals surface area contributed by atoms with Crippen LogP contribution in [0.4, 0.5) is 0 Å². The Bertz CT molecular complexity index is 466. The Kier molecular flexibility index (Phi) is 4.01. The van der Waals surface area contributed by atoms with Gasteiger partial charge in [-0.05, 0) is 32.7 Å². The van der Waals surface area contributed by atoms with Gasteiger partial charge in [-0.15, -0.1) is 0 Å². The molecular weight excluding hydrogens is 262 g/mol. The highest BCUT2D eigenvalue weighted by Gasteiger charge is 2.24. The van der Waals surface area contributed by atoms with Crippen molar-refractivity contribution in [2.75, 3.05) is 26.7 Å². The van der Waals surface area contributed by atoms with Crippen LogP contribution in [0.2, 0.25) is 5.15 Å². The van der Waals surface area contributed by atoms with Gasteiger partial charge in [0.25, 0.3) is 0 Å². The average Bonchev–Trinajstić information content (AvgIpc) is 2.64. The van der Waals surface area contributed by atoms with Gasteiger partial charge >= 0.3 is 0 Å². The predicted molar refractivity (Wildman–Crippen MR) is 74.5 cm³/mol. The molecule has 1 aromatic heterocycles. The van der Waals surface area contributed by atoms with Crippen LogP contribution in [-0.2, 0) is 17.6 Å². The van der Waals surface area contributed by atoms with Gasteiger partial charge in [0, 0.05) is 24.3 Å². The SMILES string of the molecule is CN1CCOC(c2nc(Cl)c3c(n2)CCCCC3)C1. The summed E-state index contributed by atoms with van der Waals surface area (Å²) < 4.78 is 5.79. The van der Waals surface area contributed by atoms with E-state index < -0.39 is 0 Å². The molecule has 1 fully saturated rings. The van der Waals surface area contributed by atoms with Gasteiger partial charge in [-0.3, -0.25) is 0 Å². The maximum atomic E-state index is 6.36. The highest BCUT2D eigenvalue weighted by Crippen LogP contribution is 2.27. The maximum absolute atomic E-state index is 6.36. The third-order valence-electron chi connectivity index (χ3n) is 3.96. The molecule has 1 unspecified atom stereocenters. The van der Waals surface area contributed by atoms with Crippen molar-refractivity contribution in [3.05, 3.63) is 22.2 Å². The smallest absolute Gasteiger partial charge is 0.160 e. The molecule has 0 N–H and O–H groups in total. The summed E-state index contributed by atoms with van der Waals surface area (Å²) >= 11 is 6.36. The molecule has 2 aliphatic rings. The number of nitrogens with zero attached hydrogens (tertiary/aromatic N) is 3. The first-order valence-electron chi connectivity index (χ1n) is 7.09. The number of morpholine rings is 1.